The molecule has 118 valence electrons. The van der Waals surface area contributed by atoms with E-state index < -0.39 is 0 Å². The van der Waals surface area contributed by atoms with Crippen molar-refractivity contribution in [3.8, 4) is 11.5 Å². The lowest BCUT2D eigenvalue weighted by atomic mass is 10.0. The lowest BCUT2D eigenvalue weighted by molar-refractivity contribution is 0.137. The van der Waals surface area contributed by atoms with Crippen LogP contribution in [-0.4, -0.2) is 59.8 Å². The molecule has 22 heavy (non-hydrogen) atoms. The number of nitrogens with zero attached hydrogens (tertiary/aromatic N) is 3. The average molecular weight is 302 g/mol. The van der Waals surface area contributed by atoms with Gasteiger partial charge < -0.3 is 19.4 Å². The molecule has 0 bridgehead atoms. The van der Waals surface area contributed by atoms with Crippen LogP contribution in [0.25, 0.3) is 11.0 Å². The number of imidazole rings is 1. The van der Waals surface area contributed by atoms with Crippen molar-refractivity contribution in [2.24, 2.45) is 0 Å². The fourth-order valence-corrected chi connectivity index (χ4v) is 3.33. The molecular formula is C16H22N4O2. The zero-order chi connectivity index (χ0) is 15.1. The number of likely N-dealkylation sites (tertiary alicyclic amines) is 1. The van der Waals surface area contributed by atoms with E-state index in [2.05, 4.69) is 28.9 Å². The highest BCUT2D eigenvalue weighted by Gasteiger charge is 2.22. The van der Waals surface area contributed by atoms with Crippen LogP contribution in [0.3, 0.4) is 0 Å². The van der Waals surface area contributed by atoms with Gasteiger partial charge in [-0.1, -0.05) is 0 Å². The second kappa shape index (κ2) is 5.44. The Hall–Kier alpha value is -1.79. The first kappa shape index (κ1) is 13.8. The highest BCUT2D eigenvalue weighted by atomic mass is 16.7. The van der Waals surface area contributed by atoms with Crippen molar-refractivity contribution in [2.75, 3.05) is 34.0 Å². The van der Waals surface area contributed by atoms with Gasteiger partial charge in [-0.2, -0.15) is 0 Å². The first-order valence-corrected chi connectivity index (χ1v) is 7.86. The van der Waals surface area contributed by atoms with Gasteiger partial charge in [0.1, 0.15) is 5.82 Å². The number of aromatic amines is 1. The minimum absolute atomic E-state index is 0.299. The SMILES string of the molecule is CN1CCC(N(C)Cc2nc3cc4c(cc3[nH]2)OCO4)CC1. The van der Waals surface area contributed by atoms with Crippen LogP contribution in [-0.2, 0) is 6.54 Å². The maximum absolute atomic E-state index is 5.42. The molecule has 1 aromatic carbocycles. The molecule has 2 aliphatic rings. The van der Waals surface area contributed by atoms with Gasteiger partial charge in [0.25, 0.3) is 0 Å². The van der Waals surface area contributed by atoms with Crippen molar-refractivity contribution < 1.29 is 9.47 Å². The smallest absolute Gasteiger partial charge is 0.231 e. The fourth-order valence-electron chi connectivity index (χ4n) is 3.33. The number of ether oxygens (including phenoxy) is 2. The van der Waals surface area contributed by atoms with E-state index in [9.17, 15) is 0 Å². The average Bonchev–Trinajstić information content (AvgIpc) is 3.10. The number of benzene rings is 1. The summed E-state index contributed by atoms with van der Waals surface area (Å²) in [5, 5.41) is 0. The van der Waals surface area contributed by atoms with E-state index in [1.807, 2.05) is 12.1 Å². The van der Waals surface area contributed by atoms with Gasteiger partial charge in [-0.05, 0) is 40.0 Å². The first-order valence-electron chi connectivity index (χ1n) is 7.86. The molecule has 1 saturated heterocycles. The van der Waals surface area contributed by atoms with Crippen LogP contribution in [0.2, 0.25) is 0 Å². The lowest BCUT2D eigenvalue weighted by Crippen LogP contribution is -2.41. The van der Waals surface area contributed by atoms with Crippen LogP contribution in [0.4, 0.5) is 0 Å². The van der Waals surface area contributed by atoms with Gasteiger partial charge in [-0.25, -0.2) is 4.98 Å². The molecule has 4 rings (SSSR count). The van der Waals surface area contributed by atoms with Gasteiger partial charge in [0.2, 0.25) is 6.79 Å². The third-order valence-corrected chi connectivity index (χ3v) is 4.74. The van der Waals surface area contributed by atoms with E-state index in [0.29, 0.717) is 12.8 Å². The zero-order valence-corrected chi connectivity index (χ0v) is 13.1. The van der Waals surface area contributed by atoms with Crippen molar-refractivity contribution in [1.82, 2.24) is 19.8 Å². The third-order valence-electron chi connectivity index (χ3n) is 4.74. The van der Waals surface area contributed by atoms with E-state index in [1.54, 1.807) is 0 Å². The Bertz CT molecular complexity index is 635. The van der Waals surface area contributed by atoms with E-state index in [-0.39, 0.29) is 0 Å². The summed E-state index contributed by atoms with van der Waals surface area (Å²) in [5.41, 5.74) is 1.95. The second-order valence-corrected chi connectivity index (χ2v) is 6.36. The molecule has 0 amide bonds. The third kappa shape index (κ3) is 2.53. The highest BCUT2D eigenvalue weighted by molar-refractivity contribution is 5.80. The number of fused-ring (bicyclic) bond motifs is 2. The lowest BCUT2D eigenvalue weighted by Gasteiger charge is -2.34. The molecule has 6 heteroatoms. The topological polar surface area (TPSA) is 53.6 Å². The summed E-state index contributed by atoms with van der Waals surface area (Å²) < 4.78 is 10.8. The summed E-state index contributed by atoms with van der Waals surface area (Å²) in [6.45, 7) is 3.50. The van der Waals surface area contributed by atoms with Crippen molar-refractivity contribution in [3.05, 3.63) is 18.0 Å². The Morgan fingerprint density at radius 2 is 2.00 bits per heavy atom. The number of H-pyrrole nitrogens is 1. The predicted molar refractivity (Wildman–Crippen MR) is 84.2 cm³/mol. The minimum atomic E-state index is 0.299. The molecule has 0 unspecified atom stereocenters. The molecule has 2 aromatic rings. The first-order chi connectivity index (χ1) is 10.7. The number of hydrogen-bond acceptors (Lipinski definition) is 5. The number of rotatable bonds is 3. The minimum Gasteiger partial charge on any atom is -0.454 e. The summed E-state index contributed by atoms with van der Waals surface area (Å²) >= 11 is 0. The normalized spacial score (nSPS) is 19.4. The zero-order valence-electron chi connectivity index (χ0n) is 13.1. The largest absolute Gasteiger partial charge is 0.454 e. The molecule has 0 saturated carbocycles. The number of hydrogen-bond donors (Lipinski definition) is 1. The number of piperidine rings is 1. The van der Waals surface area contributed by atoms with Gasteiger partial charge in [0.15, 0.2) is 11.5 Å². The Labute approximate surface area is 130 Å². The molecule has 1 fully saturated rings. The Balaban J connectivity index is 1.49. The van der Waals surface area contributed by atoms with Crippen LogP contribution < -0.4 is 9.47 Å². The van der Waals surface area contributed by atoms with Crippen LogP contribution in [0.1, 0.15) is 18.7 Å². The maximum atomic E-state index is 5.42. The predicted octanol–water partition coefficient (Wildman–Crippen LogP) is 1.82. The van der Waals surface area contributed by atoms with Crippen molar-refractivity contribution in [2.45, 2.75) is 25.4 Å². The van der Waals surface area contributed by atoms with Crippen molar-refractivity contribution in [3.63, 3.8) is 0 Å². The Morgan fingerprint density at radius 1 is 1.27 bits per heavy atom. The van der Waals surface area contributed by atoms with Gasteiger partial charge in [-0.3, -0.25) is 4.90 Å². The summed E-state index contributed by atoms with van der Waals surface area (Å²) in [5.74, 6) is 2.58. The monoisotopic (exact) mass is 302 g/mol. The van der Waals surface area contributed by atoms with Gasteiger partial charge in [0, 0.05) is 18.2 Å². The second-order valence-electron chi connectivity index (χ2n) is 6.36. The molecule has 1 N–H and O–H groups in total. The molecule has 0 spiro atoms. The Morgan fingerprint density at radius 3 is 2.77 bits per heavy atom. The standard InChI is InChI=1S/C16H22N4O2/c1-19-5-3-11(4-6-19)20(2)9-16-17-12-7-14-15(22-10-21-14)8-13(12)18-16/h7-8,11H,3-6,9-10H2,1-2H3,(H,17,18). The quantitative estimate of drug-likeness (QED) is 0.937. The van der Waals surface area contributed by atoms with Crippen molar-refractivity contribution >= 4 is 11.0 Å². The van der Waals surface area contributed by atoms with Crippen LogP contribution >= 0.6 is 0 Å². The van der Waals surface area contributed by atoms with Gasteiger partial charge in [0.05, 0.1) is 17.6 Å². The molecule has 0 radical (unpaired) electrons. The molecule has 3 heterocycles. The molecule has 6 nitrogen and oxygen atoms in total. The molecule has 2 aliphatic heterocycles. The summed E-state index contributed by atoms with van der Waals surface area (Å²) in [4.78, 5) is 12.9. The van der Waals surface area contributed by atoms with Crippen LogP contribution in [0, 0.1) is 0 Å². The highest BCUT2D eigenvalue weighted by Crippen LogP contribution is 2.35. The molecule has 1 aromatic heterocycles. The summed E-state index contributed by atoms with van der Waals surface area (Å²) in [6.07, 6.45) is 2.45. The van der Waals surface area contributed by atoms with E-state index >= 15 is 0 Å². The molecule has 0 aliphatic carbocycles. The summed E-state index contributed by atoms with van der Waals surface area (Å²) in [7, 11) is 4.38. The fraction of sp³-hybridized carbons (Fsp3) is 0.562. The molecular weight excluding hydrogens is 280 g/mol. The van der Waals surface area contributed by atoms with Gasteiger partial charge >= 0.3 is 0 Å². The number of nitrogens with one attached hydrogen (secondary N) is 1. The van der Waals surface area contributed by atoms with Crippen LogP contribution in [0.15, 0.2) is 12.1 Å². The number of aromatic nitrogens is 2. The molecule has 0 atom stereocenters. The Kier molecular flexibility index (Phi) is 3.43. The maximum Gasteiger partial charge on any atom is 0.231 e. The van der Waals surface area contributed by atoms with E-state index in [1.165, 1.54) is 25.9 Å². The summed E-state index contributed by atoms with van der Waals surface area (Å²) in [6, 6.07) is 4.57. The van der Waals surface area contributed by atoms with Gasteiger partial charge in [-0.15, -0.1) is 0 Å². The van der Waals surface area contributed by atoms with Crippen molar-refractivity contribution in [1.29, 1.82) is 0 Å². The van der Waals surface area contributed by atoms with E-state index in [0.717, 1.165) is 34.9 Å². The van der Waals surface area contributed by atoms with Crippen LogP contribution in [0.5, 0.6) is 11.5 Å². The van der Waals surface area contributed by atoms with E-state index in [4.69, 9.17) is 14.5 Å².